The van der Waals surface area contributed by atoms with Gasteiger partial charge >= 0.3 is 0 Å². The zero-order valence-electron chi connectivity index (χ0n) is 15.0. The van der Waals surface area contributed by atoms with Gasteiger partial charge in [0, 0.05) is 56.0 Å². The van der Waals surface area contributed by atoms with Crippen LogP contribution in [0.15, 0.2) is 42.5 Å². The molecule has 1 aliphatic heterocycles. The van der Waals surface area contributed by atoms with Crippen LogP contribution >= 0.6 is 11.6 Å². The molecule has 0 bridgehead atoms. The predicted molar refractivity (Wildman–Crippen MR) is 108 cm³/mol. The third kappa shape index (κ3) is 5.09. The van der Waals surface area contributed by atoms with E-state index in [1.165, 1.54) is 6.07 Å². The Balaban J connectivity index is 1.50. The number of rotatable bonds is 7. The quantitative estimate of drug-likeness (QED) is 0.558. The van der Waals surface area contributed by atoms with Crippen molar-refractivity contribution in [2.75, 3.05) is 49.5 Å². The zero-order chi connectivity index (χ0) is 19.2. The van der Waals surface area contributed by atoms with Gasteiger partial charge in [0.25, 0.3) is 5.69 Å². The highest BCUT2D eigenvalue weighted by molar-refractivity contribution is 6.30. The van der Waals surface area contributed by atoms with Crippen LogP contribution in [0.1, 0.15) is 5.56 Å². The molecule has 1 heterocycles. The SMILES string of the molecule is O=[N+]([O-])c1ccc(CO)cc1NCCN1CCN(c2cccc(Cl)c2)CC1. The largest absolute Gasteiger partial charge is 0.392 e. The molecule has 3 rings (SSSR count). The van der Waals surface area contributed by atoms with Crippen LogP contribution < -0.4 is 10.2 Å². The maximum Gasteiger partial charge on any atom is 0.292 e. The molecule has 1 aliphatic rings. The molecule has 0 radical (unpaired) electrons. The molecule has 7 nitrogen and oxygen atoms in total. The lowest BCUT2D eigenvalue weighted by Crippen LogP contribution is -2.47. The van der Waals surface area contributed by atoms with Crippen LogP contribution in [0.5, 0.6) is 0 Å². The first-order chi connectivity index (χ1) is 13.1. The van der Waals surface area contributed by atoms with E-state index < -0.39 is 4.92 Å². The van der Waals surface area contributed by atoms with E-state index in [2.05, 4.69) is 21.2 Å². The van der Waals surface area contributed by atoms with Gasteiger partial charge < -0.3 is 15.3 Å². The first-order valence-electron chi connectivity index (χ1n) is 8.92. The van der Waals surface area contributed by atoms with Gasteiger partial charge in [-0.2, -0.15) is 0 Å². The molecule has 1 saturated heterocycles. The monoisotopic (exact) mass is 390 g/mol. The van der Waals surface area contributed by atoms with Crippen molar-refractivity contribution >= 4 is 28.7 Å². The Kier molecular flexibility index (Phi) is 6.49. The van der Waals surface area contributed by atoms with Crippen LogP contribution in [0.3, 0.4) is 0 Å². The highest BCUT2D eigenvalue weighted by Crippen LogP contribution is 2.25. The van der Waals surface area contributed by atoms with Crippen molar-refractivity contribution in [2.24, 2.45) is 0 Å². The molecular weight excluding hydrogens is 368 g/mol. The summed E-state index contributed by atoms with van der Waals surface area (Å²) in [4.78, 5) is 15.4. The summed E-state index contributed by atoms with van der Waals surface area (Å²) in [6, 6.07) is 12.5. The molecule has 27 heavy (non-hydrogen) atoms. The molecule has 0 aromatic heterocycles. The van der Waals surface area contributed by atoms with Crippen LogP contribution in [-0.4, -0.2) is 54.2 Å². The number of aliphatic hydroxyl groups is 1. The average molecular weight is 391 g/mol. The maximum atomic E-state index is 11.2. The zero-order valence-corrected chi connectivity index (χ0v) is 15.7. The van der Waals surface area contributed by atoms with E-state index in [9.17, 15) is 15.2 Å². The first kappa shape index (κ1) is 19.4. The minimum atomic E-state index is -0.409. The van der Waals surface area contributed by atoms with E-state index >= 15 is 0 Å². The Bertz CT molecular complexity index is 794. The average Bonchev–Trinajstić information content (AvgIpc) is 2.68. The molecule has 8 heteroatoms. The predicted octanol–water partition coefficient (Wildman–Crippen LogP) is 2.97. The number of nitrogens with one attached hydrogen (secondary N) is 1. The van der Waals surface area contributed by atoms with Crippen molar-refractivity contribution in [1.82, 2.24) is 4.90 Å². The van der Waals surface area contributed by atoms with Gasteiger partial charge in [0.2, 0.25) is 0 Å². The standard InChI is InChI=1S/C19H23ClN4O3/c20-16-2-1-3-17(13-16)23-10-8-22(9-11-23)7-6-21-18-12-15(14-25)4-5-19(18)24(26)27/h1-5,12-13,21,25H,6-11,14H2. The summed E-state index contributed by atoms with van der Waals surface area (Å²) in [6.07, 6.45) is 0. The molecule has 2 aromatic rings. The van der Waals surface area contributed by atoms with Gasteiger partial charge in [-0.15, -0.1) is 0 Å². The third-order valence-corrected chi connectivity index (χ3v) is 4.96. The molecule has 2 aromatic carbocycles. The fraction of sp³-hybridized carbons (Fsp3) is 0.368. The van der Waals surface area contributed by atoms with Crippen molar-refractivity contribution in [3.63, 3.8) is 0 Å². The molecule has 2 N–H and O–H groups in total. The van der Waals surface area contributed by atoms with Crippen LogP contribution in [0.2, 0.25) is 5.02 Å². The van der Waals surface area contributed by atoms with Crippen LogP contribution in [0.25, 0.3) is 0 Å². The summed E-state index contributed by atoms with van der Waals surface area (Å²) in [5, 5.41) is 24.3. The molecule has 0 amide bonds. The van der Waals surface area contributed by atoms with Gasteiger partial charge in [-0.05, 0) is 35.9 Å². The fourth-order valence-corrected chi connectivity index (χ4v) is 3.42. The molecule has 0 atom stereocenters. The van der Waals surface area contributed by atoms with Crippen molar-refractivity contribution in [1.29, 1.82) is 0 Å². The van der Waals surface area contributed by atoms with Crippen molar-refractivity contribution < 1.29 is 10.0 Å². The minimum absolute atomic E-state index is 0.0259. The first-order valence-corrected chi connectivity index (χ1v) is 9.29. The van der Waals surface area contributed by atoms with E-state index in [1.807, 2.05) is 18.2 Å². The molecule has 0 aliphatic carbocycles. The van der Waals surface area contributed by atoms with Crippen LogP contribution in [0, 0.1) is 10.1 Å². The van der Waals surface area contributed by atoms with Gasteiger partial charge in [-0.25, -0.2) is 0 Å². The Hall–Kier alpha value is -2.35. The number of anilines is 2. The highest BCUT2D eigenvalue weighted by atomic mass is 35.5. The Morgan fingerprint density at radius 3 is 2.59 bits per heavy atom. The highest BCUT2D eigenvalue weighted by Gasteiger charge is 2.18. The second-order valence-electron chi connectivity index (χ2n) is 6.50. The van der Waals surface area contributed by atoms with E-state index in [0.29, 0.717) is 17.8 Å². The fourth-order valence-electron chi connectivity index (χ4n) is 3.23. The lowest BCUT2D eigenvalue weighted by atomic mass is 10.2. The summed E-state index contributed by atoms with van der Waals surface area (Å²) in [7, 11) is 0. The lowest BCUT2D eigenvalue weighted by Gasteiger charge is -2.36. The lowest BCUT2D eigenvalue weighted by molar-refractivity contribution is -0.384. The second-order valence-corrected chi connectivity index (χ2v) is 6.94. The van der Waals surface area contributed by atoms with Gasteiger partial charge in [0.1, 0.15) is 5.69 Å². The Morgan fingerprint density at radius 2 is 1.93 bits per heavy atom. The molecule has 1 fully saturated rings. The van der Waals surface area contributed by atoms with Gasteiger partial charge in [-0.1, -0.05) is 17.7 Å². The van der Waals surface area contributed by atoms with E-state index in [-0.39, 0.29) is 12.3 Å². The number of aliphatic hydroxyl groups excluding tert-OH is 1. The number of nitro benzene ring substituents is 1. The summed E-state index contributed by atoms with van der Waals surface area (Å²) in [6.45, 7) is 4.94. The van der Waals surface area contributed by atoms with Gasteiger partial charge in [0.15, 0.2) is 0 Å². The van der Waals surface area contributed by atoms with E-state index in [0.717, 1.165) is 43.4 Å². The van der Waals surface area contributed by atoms with E-state index in [1.54, 1.807) is 12.1 Å². The molecule has 0 unspecified atom stereocenters. The van der Waals surface area contributed by atoms with Crippen molar-refractivity contribution in [2.45, 2.75) is 6.61 Å². The molecule has 144 valence electrons. The smallest absolute Gasteiger partial charge is 0.292 e. The number of hydrogen-bond donors (Lipinski definition) is 2. The molecular formula is C19H23ClN4O3. The van der Waals surface area contributed by atoms with Crippen molar-refractivity contribution in [3.05, 3.63) is 63.2 Å². The van der Waals surface area contributed by atoms with E-state index in [4.69, 9.17) is 11.6 Å². The maximum absolute atomic E-state index is 11.2. The number of piperazine rings is 1. The number of hydrogen-bond acceptors (Lipinski definition) is 6. The Morgan fingerprint density at radius 1 is 1.15 bits per heavy atom. The molecule has 0 spiro atoms. The van der Waals surface area contributed by atoms with Crippen LogP contribution in [0.4, 0.5) is 17.1 Å². The van der Waals surface area contributed by atoms with Gasteiger partial charge in [0.05, 0.1) is 11.5 Å². The summed E-state index contributed by atoms with van der Waals surface area (Å²) < 4.78 is 0. The molecule has 0 saturated carbocycles. The summed E-state index contributed by atoms with van der Waals surface area (Å²) >= 11 is 6.07. The number of nitrogens with zero attached hydrogens (tertiary/aromatic N) is 3. The summed E-state index contributed by atoms with van der Waals surface area (Å²) in [5.41, 5.74) is 2.26. The number of benzene rings is 2. The third-order valence-electron chi connectivity index (χ3n) is 4.73. The number of nitro groups is 1. The summed E-state index contributed by atoms with van der Waals surface area (Å²) in [5.74, 6) is 0. The normalized spacial score (nSPS) is 15.0. The Labute approximate surface area is 163 Å². The van der Waals surface area contributed by atoms with Crippen molar-refractivity contribution in [3.8, 4) is 0 Å². The number of halogens is 1. The minimum Gasteiger partial charge on any atom is -0.392 e. The van der Waals surface area contributed by atoms with Gasteiger partial charge in [-0.3, -0.25) is 15.0 Å². The van der Waals surface area contributed by atoms with Crippen LogP contribution in [-0.2, 0) is 6.61 Å². The second kappa shape index (κ2) is 9.03. The topological polar surface area (TPSA) is 81.9 Å².